The Balaban J connectivity index is 1.54. The van der Waals surface area contributed by atoms with E-state index in [-0.39, 0.29) is 12.6 Å². The van der Waals surface area contributed by atoms with Crippen LogP contribution in [0.25, 0.3) is 11.3 Å². The lowest BCUT2D eigenvalue weighted by Gasteiger charge is -2.16. The number of benzene rings is 2. The van der Waals surface area contributed by atoms with Gasteiger partial charge in [-0.3, -0.25) is 9.48 Å². The Morgan fingerprint density at radius 2 is 1.73 bits per heavy atom. The zero-order valence-corrected chi connectivity index (χ0v) is 25.2. The minimum Gasteiger partial charge on any atom is -0.382 e. The molecule has 0 saturated heterocycles. The summed E-state index contributed by atoms with van der Waals surface area (Å²) < 4.78 is 9.67. The van der Waals surface area contributed by atoms with Gasteiger partial charge in [-0.2, -0.15) is 5.10 Å². The molecular formula is C30H41N7O2Si. The summed E-state index contributed by atoms with van der Waals surface area (Å²) in [6.07, 6.45) is 5.61. The molecule has 0 fully saturated rings. The normalized spacial score (nSPS) is 11.7. The number of aromatic nitrogens is 4. The van der Waals surface area contributed by atoms with Crippen molar-refractivity contribution in [2.45, 2.75) is 39.0 Å². The van der Waals surface area contributed by atoms with Crippen molar-refractivity contribution >= 4 is 25.4 Å². The molecule has 2 aromatic heterocycles. The molecule has 0 aliphatic carbocycles. The number of carbonyl (C=O) groups is 1. The van der Waals surface area contributed by atoms with Gasteiger partial charge in [0.15, 0.2) is 0 Å². The van der Waals surface area contributed by atoms with E-state index in [9.17, 15) is 4.79 Å². The van der Waals surface area contributed by atoms with E-state index in [1.165, 1.54) is 0 Å². The molecule has 2 N–H and O–H groups in total. The van der Waals surface area contributed by atoms with Gasteiger partial charge in [0.2, 0.25) is 5.82 Å². The molecule has 212 valence electrons. The minimum atomic E-state index is -1.23. The van der Waals surface area contributed by atoms with Crippen LogP contribution in [0.15, 0.2) is 73.2 Å². The molecular weight excluding hydrogens is 518 g/mol. The lowest BCUT2D eigenvalue weighted by atomic mass is 10.2. The number of nitrogens with zero attached hydrogens (tertiary/aromatic N) is 5. The number of anilines is 2. The highest BCUT2D eigenvalue weighted by Crippen LogP contribution is 2.23. The topological polar surface area (TPSA) is 89.2 Å². The number of para-hydroxylation sites is 2. The van der Waals surface area contributed by atoms with Gasteiger partial charge in [0, 0.05) is 45.7 Å². The van der Waals surface area contributed by atoms with Crippen LogP contribution in [0.1, 0.15) is 16.2 Å². The number of hydrogen-bond donors (Lipinski definition) is 2. The third-order valence-corrected chi connectivity index (χ3v) is 8.08. The van der Waals surface area contributed by atoms with Crippen molar-refractivity contribution in [1.29, 1.82) is 0 Å². The third-order valence-electron chi connectivity index (χ3n) is 6.37. The van der Waals surface area contributed by atoms with E-state index in [1.54, 1.807) is 10.8 Å². The Kier molecular flexibility index (Phi) is 9.92. The zero-order chi connectivity index (χ0) is 28.5. The van der Waals surface area contributed by atoms with Crippen molar-refractivity contribution in [3.63, 3.8) is 0 Å². The highest BCUT2D eigenvalue weighted by Gasteiger charge is 2.20. The monoisotopic (exact) mass is 559 g/mol. The van der Waals surface area contributed by atoms with Crippen LogP contribution in [0.3, 0.4) is 0 Å². The van der Waals surface area contributed by atoms with Crippen molar-refractivity contribution in [3.8, 4) is 11.3 Å². The highest BCUT2D eigenvalue weighted by molar-refractivity contribution is 6.76. The molecule has 2 aromatic carbocycles. The van der Waals surface area contributed by atoms with Crippen molar-refractivity contribution < 1.29 is 9.53 Å². The predicted molar refractivity (Wildman–Crippen MR) is 165 cm³/mol. The van der Waals surface area contributed by atoms with Crippen LogP contribution in [0.4, 0.5) is 11.4 Å². The van der Waals surface area contributed by atoms with Crippen LogP contribution in [0, 0.1) is 0 Å². The number of nitrogens with one attached hydrogen (secondary N) is 2. The first-order valence-electron chi connectivity index (χ1n) is 13.7. The van der Waals surface area contributed by atoms with Crippen molar-refractivity contribution in [1.82, 2.24) is 24.2 Å². The summed E-state index contributed by atoms with van der Waals surface area (Å²) in [6, 6.07) is 18.9. The molecule has 0 bridgehead atoms. The molecule has 1 amide bonds. The first kappa shape index (κ1) is 29.3. The second kappa shape index (κ2) is 13.6. The molecule has 9 nitrogen and oxygen atoms in total. The Bertz CT molecular complexity index is 1380. The molecule has 4 aromatic rings. The quantitative estimate of drug-likeness (QED) is 0.160. The fourth-order valence-electron chi connectivity index (χ4n) is 4.07. The number of amides is 1. The third kappa shape index (κ3) is 8.64. The molecule has 0 atom stereocenters. The largest absolute Gasteiger partial charge is 0.382 e. The number of hydrogen-bond acceptors (Lipinski definition) is 6. The second-order valence-electron chi connectivity index (χ2n) is 11.4. The lowest BCUT2D eigenvalue weighted by molar-refractivity contribution is 0.0809. The fourth-order valence-corrected chi connectivity index (χ4v) is 4.82. The van der Waals surface area contributed by atoms with Gasteiger partial charge in [-0.15, -0.1) is 0 Å². The van der Waals surface area contributed by atoms with E-state index in [4.69, 9.17) is 9.72 Å². The summed E-state index contributed by atoms with van der Waals surface area (Å²) in [5.41, 5.74) is 4.26. The van der Waals surface area contributed by atoms with Crippen LogP contribution < -0.4 is 10.6 Å². The van der Waals surface area contributed by atoms with Gasteiger partial charge >= 0.3 is 0 Å². The lowest BCUT2D eigenvalue weighted by Crippen LogP contribution is -2.23. The molecule has 0 aliphatic heterocycles. The molecule has 0 spiro atoms. The SMILES string of the molecule is CN(C)CCNc1ccccc1NC(=O)c1nc(-c2cnn(Cc3ccccc3)c2)cn1COCC[Si](C)(C)C. The van der Waals surface area contributed by atoms with Crippen molar-refractivity contribution in [2.24, 2.45) is 0 Å². The summed E-state index contributed by atoms with van der Waals surface area (Å²) in [5.74, 6) is 0.000455. The average Bonchev–Trinajstić information content (AvgIpc) is 3.55. The summed E-state index contributed by atoms with van der Waals surface area (Å²) in [7, 11) is 2.83. The zero-order valence-electron chi connectivity index (χ0n) is 24.2. The Hall–Kier alpha value is -3.73. The van der Waals surface area contributed by atoms with Gasteiger partial charge in [-0.1, -0.05) is 62.1 Å². The summed E-state index contributed by atoms with van der Waals surface area (Å²) in [4.78, 5) is 20.4. The van der Waals surface area contributed by atoms with Crippen LogP contribution in [0.5, 0.6) is 0 Å². The van der Waals surface area contributed by atoms with Crippen LogP contribution in [-0.2, 0) is 18.0 Å². The van der Waals surface area contributed by atoms with Crippen LogP contribution in [0.2, 0.25) is 25.7 Å². The number of likely N-dealkylation sites (N-methyl/N-ethyl adjacent to an activating group) is 1. The number of carbonyl (C=O) groups excluding carboxylic acids is 1. The average molecular weight is 560 g/mol. The van der Waals surface area contributed by atoms with E-state index in [1.807, 2.05) is 73.6 Å². The number of imidazole rings is 1. The van der Waals surface area contributed by atoms with E-state index in [0.29, 0.717) is 30.4 Å². The van der Waals surface area contributed by atoms with E-state index >= 15 is 0 Å². The van der Waals surface area contributed by atoms with Gasteiger partial charge in [-0.05, 0) is 37.8 Å². The molecule has 4 rings (SSSR count). The minimum absolute atomic E-state index is 0.251. The van der Waals surface area contributed by atoms with Gasteiger partial charge < -0.3 is 24.8 Å². The molecule has 40 heavy (non-hydrogen) atoms. The molecule has 0 saturated carbocycles. The molecule has 0 radical (unpaired) electrons. The summed E-state index contributed by atoms with van der Waals surface area (Å²) in [6.45, 7) is 10.2. The number of ether oxygens (including phenoxy) is 1. The van der Waals surface area contributed by atoms with Gasteiger partial charge in [-0.25, -0.2) is 4.98 Å². The Morgan fingerprint density at radius 3 is 2.45 bits per heavy atom. The highest BCUT2D eigenvalue weighted by atomic mass is 28.3. The smallest absolute Gasteiger partial charge is 0.291 e. The fraction of sp³-hybridized carbons (Fsp3) is 0.367. The maximum atomic E-state index is 13.6. The predicted octanol–water partition coefficient (Wildman–Crippen LogP) is 5.33. The molecule has 10 heteroatoms. The van der Waals surface area contributed by atoms with E-state index < -0.39 is 8.07 Å². The van der Waals surface area contributed by atoms with Gasteiger partial charge in [0.1, 0.15) is 6.73 Å². The van der Waals surface area contributed by atoms with Gasteiger partial charge in [0.05, 0.1) is 29.8 Å². The first-order chi connectivity index (χ1) is 19.2. The molecule has 2 heterocycles. The van der Waals surface area contributed by atoms with Crippen molar-refractivity contribution in [2.75, 3.05) is 44.4 Å². The summed E-state index contributed by atoms with van der Waals surface area (Å²) in [5, 5.41) is 11.0. The second-order valence-corrected chi connectivity index (χ2v) is 17.0. The summed E-state index contributed by atoms with van der Waals surface area (Å²) >= 11 is 0. The number of rotatable bonds is 14. The van der Waals surface area contributed by atoms with Crippen LogP contribution >= 0.6 is 0 Å². The van der Waals surface area contributed by atoms with Crippen molar-refractivity contribution in [3.05, 3.63) is 84.6 Å². The van der Waals surface area contributed by atoms with E-state index in [0.717, 1.165) is 35.9 Å². The van der Waals surface area contributed by atoms with Crippen LogP contribution in [-0.4, -0.2) is 72.0 Å². The van der Waals surface area contributed by atoms with E-state index in [2.05, 4.69) is 52.4 Å². The standard InChI is InChI=1S/C30H41N7O2Si/c1-35(2)16-15-31-26-13-9-10-14-27(26)34-30(38)29-33-28(22-36(29)23-39-17-18-40(3,4)5)25-19-32-37(21-25)20-24-11-7-6-8-12-24/h6-14,19,21-22,31H,15-18,20,23H2,1-5H3,(H,34,38). The Labute approximate surface area is 238 Å². The molecule has 0 aliphatic rings. The molecule has 0 unspecified atom stereocenters. The maximum Gasteiger partial charge on any atom is 0.291 e. The first-order valence-corrected chi connectivity index (χ1v) is 17.4. The van der Waals surface area contributed by atoms with Gasteiger partial charge in [0.25, 0.3) is 5.91 Å². The maximum absolute atomic E-state index is 13.6. The Morgan fingerprint density at radius 1 is 1.00 bits per heavy atom.